The molecule has 1 saturated heterocycles. The van der Waals surface area contributed by atoms with E-state index < -0.39 is 0 Å². The van der Waals surface area contributed by atoms with E-state index in [1.165, 1.54) is 0 Å². The van der Waals surface area contributed by atoms with Crippen molar-refractivity contribution in [2.24, 2.45) is 10.7 Å². The number of ether oxygens (including phenoxy) is 2. The van der Waals surface area contributed by atoms with Crippen molar-refractivity contribution in [2.45, 2.75) is 38.0 Å². The number of likely N-dealkylation sites (N-methyl/N-ethyl adjacent to an activating group) is 1. The molecule has 1 rings (SSSR count). The third kappa shape index (κ3) is 5.34. The molecule has 1 heterocycles. The highest BCUT2D eigenvalue weighted by molar-refractivity contribution is 5.80. The summed E-state index contributed by atoms with van der Waals surface area (Å²) in [5, 5.41) is 3.03. The molecule has 1 aliphatic heterocycles. The number of carbonyl (C=O) groups excluding carboxylic acids is 1. The predicted octanol–water partition coefficient (Wildman–Crippen LogP) is -0.439. The Morgan fingerprint density at radius 1 is 1.55 bits per heavy atom. The molecule has 0 spiro atoms. The van der Waals surface area contributed by atoms with Gasteiger partial charge in [0, 0.05) is 27.2 Å². The molecule has 0 saturated carbocycles. The molecule has 1 amide bonds. The van der Waals surface area contributed by atoms with Crippen molar-refractivity contribution in [1.29, 1.82) is 0 Å². The molecule has 116 valence electrons. The summed E-state index contributed by atoms with van der Waals surface area (Å²) < 4.78 is 10.7. The minimum Gasteiger partial charge on any atom is -0.383 e. The lowest BCUT2D eigenvalue weighted by Crippen LogP contribution is -2.41. The molecule has 0 radical (unpaired) electrons. The normalized spacial score (nSPS) is 24.5. The molecule has 7 nitrogen and oxygen atoms in total. The topological polar surface area (TPSA) is 89.2 Å². The molecule has 3 unspecified atom stereocenters. The Kier molecular flexibility index (Phi) is 6.74. The summed E-state index contributed by atoms with van der Waals surface area (Å²) in [6.45, 7) is 3.00. The lowest BCUT2D eigenvalue weighted by atomic mass is 10.2. The first kappa shape index (κ1) is 16.7. The van der Waals surface area contributed by atoms with Gasteiger partial charge in [0.05, 0.1) is 19.3 Å². The quantitative estimate of drug-likeness (QED) is 0.510. The van der Waals surface area contributed by atoms with Gasteiger partial charge in [-0.15, -0.1) is 0 Å². The van der Waals surface area contributed by atoms with E-state index in [1.807, 2.05) is 6.92 Å². The number of amides is 1. The fourth-order valence-electron chi connectivity index (χ4n) is 2.10. The third-order valence-corrected chi connectivity index (χ3v) is 3.10. The van der Waals surface area contributed by atoms with Gasteiger partial charge in [-0.05, 0) is 19.8 Å². The molecule has 1 aliphatic rings. The lowest BCUT2D eigenvalue weighted by Gasteiger charge is -2.17. The van der Waals surface area contributed by atoms with Crippen molar-refractivity contribution < 1.29 is 14.3 Å². The standard InChI is InChI=1S/C13H26N4O3/c1-9(8-19-4)16-13(14)15-7-10-5-6-11(20-10)12(18)17(2)3/h9-11H,5-8H2,1-4H3,(H3,14,15,16). The van der Waals surface area contributed by atoms with E-state index in [9.17, 15) is 4.79 Å². The van der Waals surface area contributed by atoms with Gasteiger partial charge in [0.2, 0.25) is 0 Å². The molecule has 3 atom stereocenters. The summed E-state index contributed by atoms with van der Waals surface area (Å²) in [7, 11) is 5.10. The second-order valence-corrected chi connectivity index (χ2v) is 5.28. The number of hydrogen-bond donors (Lipinski definition) is 2. The van der Waals surface area contributed by atoms with Crippen LogP contribution in [0.2, 0.25) is 0 Å². The van der Waals surface area contributed by atoms with Gasteiger partial charge in [0.25, 0.3) is 5.91 Å². The Balaban J connectivity index is 2.34. The van der Waals surface area contributed by atoms with Gasteiger partial charge in [-0.2, -0.15) is 0 Å². The molecular formula is C13H26N4O3. The van der Waals surface area contributed by atoms with Crippen molar-refractivity contribution >= 4 is 11.9 Å². The number of nitrogens with two attached hydrogens (primary N) is 1. The Bertz CT molecular complexity index is 347. The van der Waals surface area contributed by atoms with E-state index in [0.29, 0.717) is 19.1 Å². The van der Waals surface area contributed by atoms with Gasteiger partial charge in [0.15, 0.2) is 5.96 Å². The van der Waals surface area contributed by atoms with Gasteiger partial charge >= 0.3 is 0 Å². The van der Waals surface area contributed by atoms with Crippen LogP contribution in [-0.4, -0.2) is 69.4 Å². The zero-order valence-electron chi connectivity index (χ0n) is 12.8. The SMILES string of the molecule is COCC(C)NC(N)=NCC1CCC(C(=O)N(C)C)O1. The van der Waals surface area contributed by atoms with Crippen LogP contribution in [-0.2, 0) is 14.3 Å². The van der Waals surface area contributed by atoms with Gasteiger partial charge in [-0.3, -0.25) is 9.79 Å². The van der Waals surface area contributed by atoms with Crippen LogP contribution in [0.5, 0.6) is 0 Å². The first-order valence-electron chi connectivity index (χ1n) is 6.86. The van der Waals surface area contributed by atoms with Crippen LogP contribution >= 0.6 is 0 Å². The van der Waals surface area contributed by atoms with E-state index in [2.05, 4.69) is 10.3 Å². The second kappa shape index (κ2) is 8.06. The summed E-state index contributed by atoms with van der Waals surface area (Å²) in [4.78, 5) is 17.6. The van der Waals surface area contributed by atoms with Gasteiger partial charge in [-0.1, -0.05) is 0 Å². The molecule has 3 N–H and O–H groups in total. The number of guanidine groups is 1. The van der Waals surface area contributed by atoms with Crippen LogP contribution in [0.1, 0.15) is 19.8 Å². The number of aliphatic imine (C=N–C) groups is 1. The monoisotopic (exact) mass is 286 g/mol. The van der Waals surface area contributed by atoms with Crippen LogP contribution in [0, 0.1) is 0 Å². The molecule has 1 fully saturated rings. The first-order valence-corrected chi connectivity index (χ1v) is 6.86. The molecule has 20 heavy (non-hydrogen) atoms. The first-order chi connectivity index (χ1) is 9.43. The molecule has 0 aromatic heterocycles. The Morgan fingerprint density at radius 2 is 2.25 bits per heavy atom. The third-order valence-electron chi connectivity index (χ3n) is 3.10. The van der Waals surface area contributed by atoms with Crippen molar-refractivity contribution in [3.05, 3.63) is 0 Å². The van der Waals surface area contributed by atoms with Gasteiger partial charge in [-0.25, -0.2) is 0 Å². The number of hydrogen-bond acceptors (Lipinski definition) is 4. The summed E-state index contributed by atoms with van der Waals surface area (Å²) in [6.07, 6.45) is 1.19. The minimum absolute atomic E-state index is 0.0105. The van der Waals surface area contributed by atoms with E-state index in [0.717, 1.165) is 12.8 Å². The maximum atomic E-state index is 11.8. The Hall–Kier alpha value is -1.34. The van der Waals surface area contributed by atoms with E-state index >= 15 is 0 Å². The molecular weight excluding hydrogens is 260 g/mol. The van der Waals surface area contributed by atoms with E-state index in [-0.39, 0.29) is 24.2 Å². The van der Waals surface area contributed by atoms with Gasteiger partial charge < -0.3 is 25.4 Å². The fraction of sp³-hybridized carbons (Fsp3) is 0.846. The van der Waals surface area contributed by atoms with Gasteiger partial charge in [0.1, 0.15) is 6.10 Å². The summed E-state index contributed by atoms with van der Waals surface area (Å²) in [5.41, 5.74) is 5.78. The highest BCUT2D eigenvalue weighted by Gasteiger charge is 2.31. The fourth-order valence-corrected chi connectivity index (χ4v) is 2.10. The summed E-state index contributed by atoms with van der Waals surface area (Å²) >= 11 is 0. The summed E-state index contributed by atoms with van der Waals surface area (Å²) in [5.74, 6) is 0.386. The van der Waals surface area contributed by atoms with Crippen LogP contribution in [0.25, 0.3) is 0 Å². The maximum absolute atomic E-state index is 11.8. The minimum atomic E-state index is -0.341. The smallest absolute Gasteiger partial charge is 0.251 e. The molecule has 0 aromatic rings. The largest absolute Gasteiger partial charge is 0.383 e. The maximum Gasteiger partial charge on any atom is 0.251 e. The Labute approximate surface area is 120 Å². The molecule has 0 aliphatic carbocycles. The lowest BCUT2D eigenvalue weighted by molar-refractivity contribution is -0.140. The Morgan fingerprint density at radius 3 is 2.85 bits per heavy atom. The van der Waals surface area contributed by atoms with Crippen LogP contribution < -0.4 is 11.1 Å². The average Bonchev–Trinajstić information content (AvgIpc) is 2.84. The number of nitrogens with one attached hydrogen (secondary N) is 1. The van der Waals surface area contributed by atoms with Crippen LogP contribution in [0.15, 0.2) is 4.99 Å². The predicted molar refractivity (Wildman–Crippen MR) is 77.6 cm³/mol. The zero-order valence-corrected chi connectivity index (χ0v) is 12.8. The van der Waals surface area contributed by atoms with E-state index in [4.69, 9.17) is 15.2 Å². The number of methoxy groups -OCH3 is 1. The van der Waals surface area contributed by atoms with Crippen LogP contribution in [0.3, 0.4) is 0 Å². The zero-order chi connectivity index (χ0) is 15.1. The number of nitrogens with zero attached hydrogens (tertiary/aromatic N) is 2. The summed E-state index contributed by atoms with van der Waals surface area (Å²) in [6, 6.07) is 0.108. The highest BCUT2D eigenvalue weighted by atomic mass is 16.5. The van der Waals surface area contributed by atoms with Crippen molar-refractivity contribution in [3.8, 4) is 0 Å². The molecule has 7 heteroatoms. The van der Waals surface area contributed by atoms with Crippen LogP contribution in [0.4, 0.5) is 0 Å². The van der Waals surface area contributed by atoms with E-state index in [1.54, 1.807) is 26.1 Å². The number of carbonyl (C=O) groups is 1. The van der Waals surface area contributed by atoms with Crippen molar-refractivity contribution in [3.63, 3.8) is 0 Å². The second-order valence-electron chi connectivity index (χ2n) is 5.28. The van der Waals surface area contributed by atoms with Crippen molar-refractivity contribution in [1.82, 2.24) is 10.2 Å². The molecule has 0 bridgehead atoms. The average molecular weight is 286 g/mol. The van der Waals surface area contributed by atoms with Crippen molar-refractivity contribution in [2.75, 3.05) is 34.4 Å². The highest BCUT2D eigenvalue weighted by Crippen LogP contribution is 2.21. The molecule has 0 aromatic carbocycles. The number of rotatable bonds is 6.